The van der Waals surface area contributed by atoms with Crippen LogP contribution in [0.15, 0.2) is 42.5 Å². The molecule has 8 nitrogen and oxygen atoms in total. The van der Waals surface area contributed by atoms with Crippen LogP contribution in [-0.2, 0) is 4.79 Å². The summed E-state index contributed by atoms with van der Waals surface area (Å²) in [5, 5.41) is 16.0. The summed E-state index contributed by atoms with van der Waals surface area (Å²) in [6, 6.07) is 9.29. The van der Waals surface area contributed by atoms with Crippen molar-refractivity contribution in [1.82, 2.24) is 5.32 Å². The van der Waals surface area contributed by atoms with Gasteiger partial charge in [0.15, 0.2) is 16.6 Å². The third-order valence-corrected chi connectivity index (χ3v) is 4.00. The Bertz CT molecular complexity index is 949. The monoisotopic (exact) mass is 421 g/mol. The number of hydrogen-bond donors (Lipinski definition) is 2. The summed E-state index contributed by atoms with van der Waals surface area (Å²) >= 11 is 10.8. The molecule has 1 amide bonds. The number of carbonyl (C=O) groups excluding carboxylic acids is 1. The van der Waals surface area contributed by atoms with Gasteiger partial charge in [-0.1, -0.05) is 17.7 Å². The third kappa shape index (κ3) is 5.66. The van der Waals surface area contributed by atoms with Crippen molar-refractivity contribution in [2.45, 2.75) is 0 Å². The van der Waals surface area contributed by atoms with Gasteiger partial charge in [0.05, 0.1) is 19.1 Å². The average Bonchev–Trinajstić information content (AvgIpc) is 2.67. The van der Waals surface area contributed by atoms with E-state index in [0.29, 0.717) is 17.2 Å². The van der Waals surface area contributed by atoms with Gasteiger partial charge >= 0.3 is 0 Å². The van der Waals surface area contributed by atoms with E-state index in [-0.39, 0.29) is 15.8 Å². The summed E-state index contributed by atoms with van der Waals surface area (Å²) in [6.45, 7) is 0. The number of hydrogen-bond acceptors (Lipinski definition) is 6. The van der Waals surface area contributed by atoms with E-state index in [2.05, 4.69) is 10.6 Å². The van der Waals surface area contributed by atoms with Crippen LogP contribution in [0, 0.1) is 10.1 Å². The lowest BCUT2D eigenvalue weighted by molar-refractivity contribution is -0.384. The Morgan fingerprint density at radius 3 is 2.54 bits per heavy atom. The molecule has 0 aliphatic rings. The first-order valence-electron chi connectivity index (χ1n) is 7.80. The molecule has 10 heteroatoms. The molecule has 0 saturated carbocycles. The molecule has 0 spiro atoms. The van der Waals surface area contributed by atoms with Gasteiger partial charge in [-0.15, -0.1) is 0 Å². The van der Waals surface area contributed by atoms with Crippen molar-refractivity contribution in [3.05, 3.63) is 63.2 Å². The van der Waals surface area contributed by atoms with Crippen LogP contribution in [0.1, 0.15) is 5.56 Å². The number of nitro benzene ring substituents is 1. The van der Waals surface area contributed by atoms with E-state index in [9.17, 15) is 14.9 Å². The molecule has 0 aliphatic carbocycles. The number of methoxy groups -OCH3 is 2. The fourth-order valence-corrected chi connectivity index (χ4v) is 2.58. The zero-order chi connectivity index (χ0) is 20.7. The molecular weight excluding hydrogens is 406 g/mol. The zero-order valence-electron chi connectivity index (χ0n) is 14.9. The number of benzene rings is 2. The van der Waals surface area contributed by atoms with Gasteiger partial charge in [0.1, 0.15) is 5.02 Å². The van der Waals surface area contributed by atoms with E-state index in [1.54, 1.807) is 24.3 Å². The minimum absolute atomic E-state index is 0.00311. The quantitative estimate of drug-likeness (QED) is 0.316. The molecule has 0 unspecified atom stereocenters. The second kappa shape index (κ2) is 9.67. The standard InChI is InChI=1S/C18H16ClN3O5S/c1-26-15-7-3-11(9-16(15)27-2)4-8-17(23)21-18(28)20-12-5-6-13(19)14(10-12)22(24)25/h3-10H,1-2H3,(H2,20,21,23,28). The highest BCUT2D eigenvalue weighted by Gasteiger charge is 2.13. The number of nitrogens with one attached hydrogen (secondary N) is 2. The average molecular weight is 422 g/mol. The second-order valence-electron chi connectivity index (χ2n) is 5.31. The van der Waals surface area contributed by atoms with Crippen molar-refractivity contribution >= 4 is 52.3 Å². The van der Waals surface area contributed by atoms with Crippen LogP contribution in [0.25, 0.3) is 6.08 Å². The topological polar surface area (TPSA) is 103 Å². The van der Waals surface area contributed by atoms with E-state index in [0.717, 1.165) is 5.56 Å². The van der Waals surface area contributed by atoms with Crippen LogP contribution in [-0.4, -0.2) is 30.2 Å². The number of thiocarbonyl (C=S) groups is 1. The van der Waals surface area contributed by atoms with Gasteiger partial charge in [0, 0.05) is 17.8 Å². The molecule has 2 rings (SSSR count). The van der Waals surface area contributed by atoms with E-state index in [1.165, 1.54) is 38.5 Å². The van der Waals surface area contributed by atoms with Crippen molar-refractivity contribution in [2.24, 2.45) is 0 Å². The SMILES string of the molecule is COc1ccc(C=CC(=O)NC(=S)Nc2ccc(Cl)c([N+](=O)[O-])c2)cc1OC. The molecule has 0 heterocycles. The Kier molecular flexibility index (Phi) is 7.30. The highest BCUT2D eigenvalue weighted by molar-refractivity contribution is 7.80. The van der Waals surface area contributed by atoms with Crippen molar-refractivity contribution in [3.63, 3.8) is 0 Å². The maximum Gasteiger partial charge on any atom is 0.289 e. The fraction of sp³-hybridized carbons (Fsp3) is 0.111. The molecule has 0 saturated heterocycles. The number of anilines is 1. The Morgan fingerprint density at radius 2 is 1.89 bits per heavy atom. The molecule has 0 fully saturated rings. The predicted molar refractivity (Wildman–Crippen MR) is 111 cm³/mol. The molecule has 2 aromatic rings. The van der Waals surface area contributed by atoms with Gasteiger partial charge in [-0.05, 0) is 48.1 Å². The molecule has 2 aromatic carbocycles. The molecule has 2 N–H and O–H groups in total. The number of amides is 1. The zero-order valence-corrected chi connectivity index (χ0v) is 16.5. The van der Waals surface area contributed by atoms with Gasteiger partial charge in [0.25, 0.3) is 5.69 Å². The van der Waals surface area contributed by atoms with Crippen molar-refractivity contribution < 1.29 is 19.2 Å². The lowest BCUT2D eigenvalue weighted by Gasteiger charge is -2.09. The molecule has 0 atom stereocenters. The number of halogens is 1. The van der Waals surface area contributed by atoms with Gasteiger partial charge in [-0.2, -0.15) is 0 Å². The van der Waals surface area contributed by atoms with Crippen molar-refractivity contribution in [1.29, 1.82) is 0 Å². The van der Waals surface area contributed by atoms with E-state index in [4.69, 9.17) is 33.3 Å². The Balaban J connectivity index is 1.99. The highest BCUT2D eigenvalue weighted by atomic mass is 35.5. The fourth-order valence-electron chi connectivity index (χ4n) is 2.17. The number of nitro groups is 1. The first-order chi connectivity index (χ1) is 13.3. The summed E-state index contributed by atoms with van der Waals surface area (Å²) in [4.78, 5) is 22.3. The summed E-state index contributed by atoms with van der Waals surface area (Å²) < 4.78 is 10.4. The summed E-state index contributed by atoms with van der Waals surface area (Å²) in [6.07, 6.45) is 2.87. The third-order valence-electron chi connectivity index (χ3n) is 3.47. The second-order valence-corrected chi connectivity index (χ2v) is 6.13. The summed E-state index contributed by atoms with van der Waals surface area (Å²) in [7, 11) is 3.05. The molecule has 146 valence electrons. The Hall–Kier alpha value is -3.17. The lowest BCUT2D eigenvalue weighted by Crippen LogP contribution is -2.32. The van der Waals surface area contributed by atoms with Crippen LogP contribution >= 0.6 is 23.8 Å². The largest absolute Gasteiger partial charge is 0.493 e. The molecule has 0 aliphatic heterocycles. The van der Waals surface area contributed by atoms with E-state index in [1.807, 2.05) is 0 Å². The maximum atomic E-state index is 12.0. The summed E-state index contributed by atoms with van der Waals surface area (Å²) in [5.74, 6) is 0.633. The molecular formula is C18H16ClN3O5S. The lowest BCUT2D eigenvalue weighted by atomic mass is 10.2. The highest BCUT2D eigenvalue weighted by Crippen LogP contribution is 2.28. The maximum absolute atomic E-state index is 12.0. The smallest absolute Gasteiger partial charge is 0.289 e. The van der Waals surface area contributed by atoms with E-state index >= 15 is 0 Å². The molecule has 28 heavy (non-hydrogen) atoms. The van der Waals surface area contributed by atoms with Gasteiger partial charge in [-0.25, -0.2) is 0 Å². The minimum atomic E-state index is -0.610. The van der Waals surface area contributed by atoms with Crippen LogP contribution < -0.4 is 20.1 Å². The van der Waals surface area contributed by atoms with Gasteiger partial charge < -0.3 is 14.8 Å². The predicted octanol–water partition coefficient (Wildman–Crippen LogP) is 3.79. The van der Waals surface area contributed by atoms with Gasteiger partial charge in [0.2, 0.25) is 5.91 Å². The Labute approximate surface area is 171 Å². The van der Waals surface area contributed by atoms with Crippen LogP contribution in [0.5, 0.6) is 11.5 Å². The van der Waals surface area contributed by atoms with Gasteiger partial charge in [-0.3, -0.25) is 20.2 Å². The number of ether oxygens (including phenoxy) is 2. The molecule has 0 aromatic heterocycles. The minimum Gasteiger partial charge on any atom is -0.493 e. The van der Waals surface area contributed by atoms with Crippen LogP contribution in [0.2, 0.25) is 5.02 Å². The van der Waals surface area contributed by atoms with Crippen molar-refractivity contribution in [2.75, 3.05) is 19.5 Å². The van der Waals surface area contributed by atoms with E-state index < -0.39 is 10.8 Å². The van der Waals surface area contributed by atoms with Crippen molar-refractivity contribution in [3.8, 4) is 11.5 Å². The Morgan fingerprint density at radius 1 is 1.18 bits per heavy atom. The number of carbonyl (C=O) groups is 1. The normalized spacial score (nSPS) is 10.4. The summed E-state index contributed by atoms with van der Waals surface area (Å²) in [5.41, 5.74) is 0.777. The molecule has 0 radical (unpaired) electrons. The van der Waals surface area contributed by atoms with Crippen LogP contribution in [0.4, 0.5) is 11.4 Å². The number of nitrogens with zero attached hydrogens (tertiary/aromatic N) is 1. The first-order valence-corrected chi connectivity index (χ1v) is 8.58. The first kappa shape index (κ1) is 21.1. The van der Waals surface area contributed by atoms with Crippen LogP contribution in [0.3, 0.4) is 0 Å². The number of rotatable bonds is 6. The molecule has 0 bridgehead atoms.